The van der Waals surface area contributed by atoms with E-state index in [1.54, 1.807) is 6.92 Å². The minimum atomic E-state index is -0.397. The van der Waals surface area contributed by atoms with E-state index in [4.69, 9.17) is 0 Å². The highest BCUT2D eigenvalue weighted by molar-refractivity contribution is 5.64. The Morgan fingerprint density at radius 3 is 2.19 bits per heavy atom. The molecule has 1 N–H and O–H groups in total. The van der Waals surface area contributed by atoms with Gasteiger partial charge in [-0.1, -0.05) is 54.1 Å². The third-order valence-electron chi connectivity index (χ3n) is 2.74. The van der Waals surface area contributed by atoms with Gasteiger partial charge in [0.1, 0.15) is 0 Å². The maximum Gasteiger partial charge on any atom is 0.0761 e. The predicted octanol–water partition coefficient (Wildman–Crippen LogP) is 3.72. The molecule has 1 heteroatoms. The van der Waals surface area contributed by atoms with Crippen molar-refractivity contribution in [1.29, 1.82) is 0 Å². The zero-order valence-electron chi connectivity index (χ0n) is 9.64. The lowest BCUT2D eigenvalue weighted by Crippen LogP contribution is -1.90. The van der Waals surface area contributed by atoms with Crippen molar-refractivity contribution in [3.63, 3.8) is 0 Å². The van der Waals surface area contributed by atoms with E-state index in [-0.39, 0.29) is 0 Å². The fourth-order valence-corrected chi connectivity index (χ4v) is 1.78. The first-order chi connectivity index (χ1) is 7.66. The Kier molecular flexibility index (Phi) is 3.07. The lowest BCUT2D eigenvalue weighted by molar-refractivity contribution is 0.199. The molecule has 0 aliphatic rings. The topological polar surface area (TPSA) is 20.2 Å². The minimum Gasteiger partial charge on any atom is -0.389 e. The van der Waals surface area contributed by atoms with Gasteiger partial charge in [-0.2, -0.15) is 0 Å². The van der Waals surface area contributed by atoms with E-state index in [0.717, 1.165) is 5.56 Å². The third-order valence-corrected chi connectivity index (χ3v) is 2.74. The fraction of sp³-hybridized carbons (Fsp3) is 0.200. The van der Waals surface area contributed by atoms with Crippen molar-refractivity contribution < 1.29 is 5.11 Å². The minimum absolute atomic E-state index is 0.397. The highest BCUT2D eigenvalue weighted by Gasteiger charge is 2.01. The van der Waals surface area contributed by atoms with E-state index in [1.807, 2.05) is 12.1 Å². The Morgan fingerprint density at radius 1 is 0.938 bits per heavy atom. The predicted molar refractivity (Wildman–Crippen MR) is 67.2 cm³/mol. The summed E-state index contributed by atoms with van der Waals surface area (Å²) in [6.45, 7) is 3.87. The molecule has 0 aromatic heterocycles. The fourth-order valence-electron chi connectivity index (χ4n) is 1.78. The summed E-state index contributed by atoms with van der Waals surface area (Å²) >= 11 is 0. The molecule has 82 valence electrons. The third kappa shape index (κ3) is 2.31. The van der Waals surface area contributed by atoms with E-state index in [1.165, 1.54) is 16.7 Å². The van der Waals surface area contributed by atoms with Gasteiger partial charge in [-0.25, -0.2) is 0 Å². The quantitative estimate of drug-likeness (QED) is 0.804. The second kappa shape index (κ2) is 4.50. The normalized spacial score (nSPS) is 12.4. The van der Waals surface area contributed by atoms with Crippen LogP contribution < -0.4 is 0 Å². The lowest BCUT2D eigenvalue weighted by atomic mass is 10.0. The van der Waals surface area contributed by atoms with Crippen LogP contribution in [0.25, 0.3) is 11.1 Å². The van der Waals surface area contributed by atoms with Gasteiger partial charge >= 0.3 is 0 Å². The van der Waals surface area contributed by atoms with Gasteiger partial charge in [0.15, 0.2) is 0 Å². The Bertz CT molecular complexity index is 469. The van der Waals surface area contributed by atoms with Gasteiger partial charge in [0.05, 0.1) is 6.10 Å². The molecule has 0 radical (unpaired) electrons. The van der Waals surface area contributed by atoms with Crippen LogP contribution in [0.5, 0.6) is 0 Å². The van der Waals surface area contributed by atoms with Crippen molar-refractivity contribution in [1.82, 2.24) is 0 Å². The number of hydrogen-bond acceptors (Lipinski definition) is 1. The molecule has 0 spiro atoms. The molecular formula is C15H16O. The summed E-state index contributed by atoms with van der Waals surface area (Å²) in [5.41, 5.74) is 4.62. The van der Waals surface area contributed by atoms with Gasteiger partial charge in [0.25, 0.3) is 0 Å². The first-order valence-electron chi connectivity index (χ1n) is 5.52. The molecule has 1 nitrogen and oxygen atoms in total. The number of benzene rings is 2. The lowest BCUT2D eigenvalue weighted by Gasteiger charge is -2.07. The maximum absolute atomic E-state index is 9.43. The van der Waals surface area contributed by atoms with E-state index in [9.17, 15) is 5.11 Å². The largest absolute Gasteiger partial charge is 0.389 e. The Hall–Kier alpha value is -1.60. The van der Waals surface area contributed by atoms with Crippen LogP contribution in [-0.4, -0.2) is 5.11 Å². The summed E-state index contributed by atoms with van der Waals surface area (Å²) in [6.07, 6.45) is -0.397. The highest BCUT2D eigenvalue weighted by Crippen LogP contribution is 2.22. The number of hydrogen-bond donors (Lipinski definition) is 1. The number of aryl methyl sites for hydroxylation is 1. The summed E-state index contributed by atoms with van der Waals surface area (Å²) in [6, 6.07) is 16.5. The van der Waals surface area contributed by atoms with Crippen LogP contribution >= 0.6 is 0 Å². The molecule has 0 bridgehead atoms. The molecule has 0 aliphatic heterocycles. The number of aliphatic hydroxyl groups excluding tert-OH is 1. The van der Waals surface area contributed by atoms with Gasteiger partial charge in [-0.3, -0.25) is 0 Å². The molecule has 0 fully saturated rings. The standard InChI is InChI=1S/C15H16O/c1-11-4-3-5-15(10-11)14-8-6-13(7-9-14)12(2)16/h3-10,12,16H,1-2H3/t12-/m0/s1. The molecular weight excluding hydrogens is 196 g/mol. The SMILES string of the molecule is Cc1cccc(-c2ccc([C@H](C)O)cc2)c1. The molecule has 16 heavy (non-hydrogen) atoms. The van der Waals surface area contributed by atoms with Crippen LogP contribution in [0.1, 0.15) is 24.2 Å². The van der Waals surface area contributed by atoms with Crippen LogP contribution in [0.3, 0.4) is 0 Å². The van der Waals surface area contributed by atoms with E-state index < -0.39 is 6.10 Å². The van der Waals surface area contributed by atoms with Gasteiger partial charge in [0, 0.05) is 0 Å². The van der Waals surface area contributed by atoms with Crippen LogP contribution in [-0.2, 0) is 0 Å². The van der Waals surface area contributed by atoms with Gasteiger partial charge < -0.3 is 5.11 Å². The van der Waals surface area contributed by atoms with Crippen molar-refractivity contribution in [3.8, 4) is 11.1 Å². The highest BCUT2D eigenvalue weighted by atomic mass is 16.3. The molecule has 0 heterocycles. The first-order valence-corrected chi connectivity index (χ1v) is 5.52. The monoisotopic (exact) mass is 212 g/mol. The molecule has 0 amide bonds. The van der Waals surface area contributed by atoms with Crippen molar-refractivity contribution >= 4 is 0 Å². The summed E-state index contributed by atoms with van der Waals surface area (Å²) < 4.78 is 0. The Morgan fingerprint density at radius 2 is 1.62 bits per heavy atom. The van der Waals surface area contributed by atoms with Crippen molar-refractivity contribution in [2.45, 2.75) is 20.0 Å². The van der Waals surface area contributed by atoms with Crippen LogP contribution in [0.2, 0.25) is 0 Å². The second-order valence-electron chi connectivity index (χ2n) is 4.17. The average molecular weight is 212 g/mol. The van der Waals surface area contributed by atoms with E-state index >= 15 is 0 Å². The molecule has 2 aromatic carbocycles. The Balaban J connectivity index is 2.35. The molecule has 0 aliphatic carbocycles. The zero-order chi connectivity index (χ0) is 11.5. The number of rotatable bonds is 2. The maximum atomic E-state index is 9.43. The summed E-state index contributed by atoms with van der Waals surface area (Å²) in [5, 5.41) is 9.43. The van der Waals surface area contributed by atoms with Gasteiger partial charge in [0.2, 0.25) is 0 Å². The smallest absolute Gasteiger partial charge is 0.0761 e. The van der Waals surface area contributed by atoms with Gasteiger partial charge in [-0.05, 0) is 30.5 Å². The molecule has 1 atom stereocenters. The van der Waals surface area contributed by atoms with Crippen molar-refractivity contribution in [2.75, 3.05) is 0 Å². The Labute approximate surface area is 96.4 Å². The number of aliphatic hydroxyl groups is 1. The van der Waals surface area contributed by atoms with Gasteiger partial charge in [-0.15, -0.1) is 0 Å². The molecule has 2 rings (SSSR count). The molecule has 2 aromatic rings. The average Bonchev–Trinajstić information content (AvgIpc) is 2.29. The van der Waals surface area contributed by atoms with Crippen molar-refractivity contribution in [2.24, 2.45) is 0 Å². The summed E-state index contributed by atoms with van der Waals surface area (Å²) in [5.74, 6) is 0. The van der Waals surface area contributed by atoms with Crippen LogP contribution in [0, 0.1) is 6.92 Å². The zero-order valence-corrected chi connectivity index (χ0v) is 9.64. The van der Waals surface area contributed by atoms with E-state index in [0.29, 0.717) is 0 Å². The first kappa shape index (κ1) is 10.9. The van der Waals surface area contributed by atoms with E-state index in [2.05, 4.69) is 43.3 Å². The summed E-state index contributed by atoms with van der Waals surface area (Å²) in [4.78, 5) is 0. The molecule has 0 saturated carbocycles. The summed E-state index contributed by atoms with van der Waals surface area (Å²) in [7, 11) is 0. The molecule has 0 unspecified atom stereocenters. The van der Waals surface area contributed by atoms with Crippen molar-refractivity contribution in [3.05, 3.63) is 59.7 Å². The second-order valence-corrected chi connectivity index (χ2v) is 4.17. The van der Waals surface area contributed by atoms with Crippen LogP contribution in [0.4, 0.5) is 0 Å². The van der Waals surface area contributed by atoms with Crippen LogP contribution in [0.15, 0.2) is 48.5 Å². The molecule has 0 saturated heterocycles.